The first-order valence-corrected chi connectivity index (χ1v) is 7.98. The average molecular weight is 326 g/mol. The zero-order valence-electron chi connectivity index (χ0n) is 13.7. The number of carbonyl (C=O) groups excluding carboxylic acids is 2. The zero-order chi connectivity index (χ0) is 17.4. The van der Waals surface area contributed by atoms with Crippen molar-refractivity contribution in [1.29, 1.82) is 0 Å². The summed E-state index contributed by atoms with van der Waals surface area (Å²) in [6.45, 7) is 2.50. The third-order valence-corrected chi connectivity index (χ3v) is 3.57. The Labute approximate surface area is 141 Å². The number of hydrogen-bond acceptors (Lipinski definition) is 4. The van der Waals surface area contributed by atoms with Gasteiger partial charge in [-0.1, -0.05) is 13.0 Å². The summed E-state index contributed by atoms with van der Waals surface area (Å²) in [5.41, 5.74) is 8.31. The lowest BCUT2D eigenvalue weighted by atomic mass is 10.1. The van der Waals surface area contributed by atoms with Crippen molar-refractivity contribution in [1.82, 2.24) is 4.98 Å². The molecule has 0 radical (unpaired) electrons. The molecule has 6 nitrogen and oxygen atoms in total. The minimum Gasteiger partial charge on any atom is -0.330 e. The van der Waals surface area contributed by atoms with Gasteiger partial charge in [0.15, 0.2) is 0 Å². The minimum absolute atomic E-state index is 0.0761. The van der Waals surface area contributed by atoms with Crippen molar-refractivity contribution in [2.75, 3.05) is 17.2 Å². The highest BCUT2D eigenvalue weighted by molar-refractivity contribution is 6.04. The lowest BCUT2D eigenvalue weighted by molar-refractivity contribution is -0.116. The minimum atomic E-state index is -0.220. The van der Waals surface area contributed by atoms with Gasteiger partial charge in [-0.2, -0.15) is 0 Å². The molecule has 24 heavy (non-hydrogen) atoms. The predicted octanol–water partition coefficient (Wildman–Crippen LogP) is 2.57. The van der Waals surface area contributed by atoms with Crippen LogP contribution in [0.15, 0.2) is 42.7 Å². The summed E-state index contributed by atoms with van der Waals surface area (Å²) in [5, 5.41) is 5.72. The number of aromatic nitrogens is 1. The Balaban J connectivity index is 2.12. The van der Waals surface area contributed by atoms with E-state index in [-0.39, 0.29) is 11.8 Å². The summed E-state index contributed by atoms with van der Waals surface area (Å²) in [6.07, 6.45) is 4.94. The first-order valence-electron chi connectivity index (χ1n) is 7.98. The highest BCUT2D eigenvalue weighted by atomic mass is 16.2. The normalized spacial score (nSPS) is 10.2. The second-order valence-corrected chi connectivity index (χ2v) is 5.36. The molecule has 0 saturated carbocycles. The number of nitrogens with zero attached hydrogens (tertiary/aromatic N) is 1. The Morgan fingerprint density at radius 2 is 1.88 bits per heavy atom. The monoisotopic (exact) mass is 326 g/mol. The van der Waals surface area contributed by atoms with Crippen molar-refractivity contribution >= 4 is 23.2 Å². The van der Waals surface area contributed by atoms with E-state index in [1.54, 1.807) is 30.6 Å². The molecule has 4 N–H and O–H groups in total. The van der Waals surface area contributed by atoms with Crippen LogP contribution in [-0.4, -0.2) is 23.3 Å². The molecule has 1 heterocycles. The van der Waals surface area contributed by atoms with Crippen molar-refractivity contribution in [3.63, 3.8) is 0 Å². The summed E-state index contributed by atoms with van der Waals surface area (Å²) >= 11 is 0. The zero-order valence-corrected chi connectivity index (χ0v) is 13.7. The molecule has 0 spiro atoms. The number of carbonyl (C=O) groups is 2. The SMILES string of the molecule is CCc1ccc(NC(=O)c2ccncc2)cc1NC(=O)CCCN. The fourth-order valence-corrected chi connectivity index (χ4v) is 2.26. The van der Waals surface area contributed by atoms with Crippen molar-refractivity contribution < 1.29 is 9.59 Å². The van der Waals surface area contributed by atoms with Gasteiger partial charge in [0.2, 0.25) is 5.91 Å². The Morgan fingerprint density at radius 1 is 1.12 bits per heavy atom. The summed E-state index contributed by atoms with van der Waals surface area (Å²) < 4.78 is 0. The van der Waals surface area contributed by atoms with Gasteiger partial charge in [0, 0.05) is 35.8 Å². The van der Waals surface area contributed by atoms with Crippen LogP contribution in [0.1, 0.15) is 35.7 Å². The number of pyridine rings is 1. The van der Waals surface area contributed by atoms with E-state index >= 15 is 0 Å². The van der Waals surface area contributed by atoms with Gasteiger partial charge in [0.25, 0.3) is 5.91 Å². The van der Waals surface area contributed by atoms with Gasteiger partial charge in [-0.25, -0.2) is 0 Å². The number of nitrogens with two attached hydrogens (primary N) is 1. The highest BCUT2D eigenvalue weighted by Gasteiger charge is 2.10. The lowest BCUT2D eigenvalue weighted by Gasteiger charge is -2.13. The molecular weight excluding hydrogens is 304 g/mol. The molecule has 0 saturated heterocycles. The van der Waals surface area contributed by atoms with E-state index in [9.17, 15) is 9.59 Å². The molecule has 1 aromatic carbocycles. The molecule has 1 aromatic heterocycles. The second-order valence-electron chi connectivity index (χ2n) is 5.36. The van der Waals surface area contributed by atoms with Crippen LogP contribution in [-0.2, 0) is 11.2 Å². The maximum Gasteiger partial charge on any atom is 0.255 e. The lowest BCUT2D eigenvalue weighted by Crippen LogP contribution is -2.16. The van der Waals surface area contributed by atoms with Crippen LogP contribution in [0.2, 0.25) is 0 Å². The Hall–Kier alpha value is -2.73. The summed E-state index contributed by atoms with van der Waals surface area (Å²) in [4.78, 5) is 28.0. The highest BCUT2D eigenvalue weighted by Crippen LogP contribution is 2.22. The third-order valence-electron chi connectivity index (χ3n) is 3.57. The van der Waals surface area contributed by atoms with Crippen LogP contribution in [0.25, 0.3) is 0 Å². The smallest absolute Gasteiger partial charge is 0.255 e. The Bertz CT molecular complexity index is 701. The Morgan fingerprint density at radius 3 is 2.54 bits per heavy atom. The largest absolute Gasteiger partial charge is 0.330 e. The number of benzene rings is 1. The van der Waals surface area contributed by atoms with Gasteiger partial charge < -0.3 is 16.4 Å². The van der Waals surface area contributed by atoms with Crippen LogP contribution < -0.4 is 16.4 Å². The van der Waals surface area contributed by atoms with Crippen molar-refractivity contribution in [3.8, 4) is 0 Å². The quantitative estimate of drug-likeness (QED) is 0.728. The van der Waals surface area contributed by atoms with Gasteiger partial charge in [-0.15, -0.1) is 0 Å². The van der Waals surface area contributed by atoms with E-state index in [0.717, 1.165) is 12.0 Å². The molecule has 2 amide bonds. The van der Waals surface area contributed by atoms with E-state index in [2.05, 4.69) is 15.6 Å². The van der Waals surface area contributed by atoms with Gasteiger partial charge in [-0.3, -0.25) is 14.6 Å². The molecule has 2 rings (SSSR count). The third kappa shape index (κ3) is 4.89. The number of hydrogen-bond donors (Lipinski definition) is 3. The first-order chi connectivity index (χ1) is 11.6. The molecule has 0 aliphatic rings. The van der Waals surface area contributed by atoms with Crippen LogP contribution >= 0.6 is 0 Å². The number of rotatable bonds is 7. The van der Waals surface area contributed by atoms with Crippen LogP contribution in [0.3, 0.4) is 0 Å². The van der Waals surface area contributed by atoms with Crippen molar-refractivity contribution in [3.05, 3.63) is 53.9 Å². The fourth-order valence-electron chi connectivity index (χ4n) is 2.26. The molecule has 0 unspecified atom stereocenters. The number of amides is 2. The summed E-state index contributed by atoms with van der Waals surface area (Å²) in [7, 11) is 0. The van der Waals surface area contributed by atoms with Crippen LogP contribution in [0, 0.1) is 0 Å². The van der Waals surface area contributed by atoms with E-state index < -0.39 is 0 Å². The van der Waals surface area contributed by atoms with Gasteiger partial charge in [0.1, 0.15) is 0 Å². The first kappa shape index (κ1) is 17.6. The number of aryl methyl sites for hydroxylation is 1. The molecule has 6 heteroatoms. The molecule has 126 valence electrons. The van der Waals surface area contributed by atoms with Crippen molar-refractivity contribution in [2.24, 2.45) is 5.73 Å². The molecule has 0 atom stereocenters. The fraction of sp³-hybridized carbons (Fsp3) is 0.278. The standard InChI is InChI=1S/C18H22N4O2/c1-2-13-5-6-15(12-16(13)22-17(23)4-3-9-19)21-18(24)14-7-10-20-11-8-14/h5-8,10-12H,2-4,9,19H2,1H3,(H,21,24)(H,22,23). The number of anilines is 2. The van der Waals surface area contributed by atoms with E-state index in [1.807, 2.05) is 19.1 Å². The topological polar surface area (TPSA) is 97.1 Å². The summed E-state index contributed by atoms with van der Waals surface area (Å²) in [6, 6.07) is 8.79. The maximum atomic E-state index is 12.2. The van der Waals surface area contributed by atoms with Crippen LogP contribution in [0.5, 0.6) is 0 Å². The Kier molecular flexibility index (Phi) is 6.45. The summed E-state index contributed by atoms with van der Waals surface area (Å²) in [5.74, 6) is -0.296. The van der Waals surface area contributed by atoms with Crippen LogP contribution in [0.4, 0.5) is 11.4 Å². The predicted molar refractivity (Wildman–Crippen MR) is 94.9 cm³/mol. The molecule has 2 aromatic rings. The maximum absolute atomic E-state index is 12.2. The molecular formula is C18H22N4O2. The van der Waals surface area contributed by atoms with E-state index in [1.165, 1.54) is 0 Å². The average Bonchev–Trinajstić information content (AvgIpc) is 2.61. The molecule has 0 bridgehead atoms. The molecule has 0 aliphatic carbocycles. The second kappa shape index (κ2) is 8.79. The van der Waals surface area contributed by atoms with Gasteiger partial charge in [0.05, 0.1) is 0 Å². The molecule has 0 fully saturated rings. The van der Waals surface area contributed by atoms with Gasteiger partial charge >= 0.3 is 0 Å². The van der Waals surface area contributed by atoms with Crippen molar-refractivity contribution in [2.45, 2.75) is 26.2 Å². The van der Waals surface area contributed by atoms with E-state index in [4.69, 9.17) is 5.73 Å². The van der Waals surface area contributed by atoms with Gasteiger partial charge in [-0.05, 0) is 49.2 Å². The van der Waals surface area contributed by atoms with E-state index in [0.29, 0.717) is 36.3 Å². The number of nitrogens with one attached hydrogen (secondary N) is 2. The molecule has 0 aliphatic heterocycles.